The molecule has 0 unspecified atom stereocenters. The van der Waals surface area contributed by atoms with Crippen LogP contribution in [-0.2, 0) is 6.54 Å². The molecule has 9 heteroatoms. The molecule has 2 heterocycles. The van der Waals surface area contributed by atoms with E-state index in [4.69, 9.17) is 21.1 Å². The Hall–Kier alpha value is -3.13. The fourth-order valence-corrected chi connectivity index (χ4v) is 3.87. The molecule has 0 bridgehead atoms. The summed E-state index contributed by atoms with van der Waals surface area (Å²) in [6, 6.07) is 12.0. The van der Waals surface area contributed by atoms with Crippen LogP contribution in [-0.4, -0.2) is 41.0 Å². The lowest BCUT2D eigenvalue weighted by Crippen LogP contribution is -2.42. The van der Waals surface area contributed by atoms with Crippen LogP contribution in [0.3, 0.4) is 0 Å². The smallest absolute Gasteiger partial charge is 0.405 e. The number of carboxylic acid groups (broad SMARTS) is 1. The van der Waals surface area contributed by atoms with E-state index in [1.807, 2.05) is 0 Å². The molecule has 0 radical (unpaired) electrons. The van der Waals surface area contributed by atoms with Crippen molar-refractivity contribution in [3.05, 3.63) is 58.8 Å². The van der Waals surface area contributed by atoms with E-state index in [2.05, 4.69) is 5.32 Å². The molecule has 162 valence electrons. The summed E-state index contributed by atoms with van der Waals surface area (Å²) >= 11 is 6.23. The van der Waals surface area contributed by atoms with Crippen LogP contribution in [0.4, 0.5) is 13.6 Å². The Morgan fingerprint density at radius 3 is 2.45 bits per heavy atom. The van der Waals surface area contributed by atoms with Gasteiger partial charge in [-0.1, -0.05) is 23.7 Å². The second kappa shape index (κ2) is 8.19. The van der Waals surface area contributed by atoms with Gasteiger partial charge in [0.2, 0.25) is 0 Å². The van der Waals surface area contributed by atoms with Crippen molar-refractivity contribution in [3.8, 4) is 11.1 Å². The fraction of sp³-hybridized carbons (Fsp3) is 0.273. The first-order chi connectivity index (χ1) is 14.7. The number of carbonyl (C=O) groups is 2. The van der Waals surface area contributed by atoms with E-state index in [1.165, 1.54) is 4.90 Å². The number of hydrogen-bond acceptors (Lipinski definition) is 3. The van der Waals surface area contributed by atoms with Gasteiger partial charge in [0.15, 0.2) is 0 Å². The van der Waals surface area contributed by atoms with Crippen LogP contribution in [0.2, 0.25) is 5.02 Å². The van der Waals surface area contributed by atoms with Crippen LogP contribution in [0, 0.1) is 0 Å². The van der Waals surface area contributed by atoms with Gasteiger partial charge in [0.1, 0.15) is 11.3 Å². The molecule has 3 aromatic rings. The van der Waals surface area contributed by atoms with E-state index in [0.29, 0.717) is 21.9 Å². The predicted molar refractivity (Wildman–Crippen MR) is 112 cm³/mol. The number of carbonyl (C=O) groups excluding carboxylic acids is 1. The first-order valence-electron chi connectivity index (χ1n) is 9.68. The van der Waals surface area contributed by atoms with Gasteiger partial charge in [-0.05, 0) is 35.4 Å². The highest BCUT2D eigenvalue weighted by atomic mass is 35.5. The maximum atomic E-state index is 13.3. The molecule has 4 rings (SSSR count). The van der Waals surface area contributed by atoms with E-state index in [1.54, 1.807) is 42.5 Å². The van der Waals surface area contributed by atoms with Crippen molar-refractivity contribution in [2.75, 3.05) is 13.1 Å². The molecule has 0 spiro atoms. The zero-order valence-corrected chi connectivity index (χ0v) is 17.1. The molecule has 6 nitrogen and oxygen atoms in total. The van der Waals surface area contributed by atoms with Crippen molar-refractivity contribution >= 4 is 34.6 Å². The van der Waals surface area contributed by atoms with Crippen LogP contribution in [0.15, 0.2) is 46.9 Å². The Balaban J connectivity index is 1.58. The summed E-state index contributed by atoms with van der Waals surface area (Å²) in [5.74, 6) is -2.54. The molecule has 2 aromatic carbocycles. The summed E-state index contributed by atoms with van der Waals surface area (Å²) in [6.07, 6.45) is -1.80. The Morgan fingerprint density at radius 2 is 1.81 bits per heavy atom. The topological polar surface area (TPSA) is 82.8 Å². The van der Waals surface area contributed by atoms with Crippen LogP contribution < -0.4 is 5.32 Å². The van der Waals surface area contributed by atoms with Crippen LogP contribution in [0.25, 0.3) is 22.1 Å². The van der Waals surface area contributed by atoms with Gasteiger partial charge in [0.25, 0.3) is 11.8 Å². The standard InChI is InChI=1S/C22H19ClF2N2O4/c23-15-9-17(18-11-16(12-26-21(29)30)31-19(18)10-15)13-1-3-14(4-2-13)20(28)27-7-5-22(24,25)6-8-27/h1-4,9-11,26H,5-8,12H2,(H,29,30). The monoisotopic (exact) mass is 448 g/mol. The molecule has 31 heavy (non-hydrogen) atoms. The third-order valence-electron chi connectivity index (χ3n) is 5.29. The van der Waals surface area contributed by atoms with Crippen molar-refractivity contribution in [1.82, 2.24) is 10.2 Å². The number of nitrogens with zero attached hydrogens (tertiary/aromatic N) is 1. The quantitative estimate of drug-likeness (QED) is 0.560. The summed E-state index contributed by atoms with van der Waals surface area (Å²) in [7, 11) is 0. The SMILES string of the molecule is O=C(O)NCc1cc2c(-c3ccc(C(=O)N4CCC(F)(F)CC4)cc3)cc(Cl)cc2o1. The van der Waals surface area contributed by atoms with Gasteiger partial charge in [-0.3, -0.25) is 4.79 Å². The highest BCUT2D eigenvalue weighted by Gasteiger charge is 2.35. The average molecular weight is 449 g/mol. The lowest BCUT2D eigenvalue weighted by Gasteiger charge is -2.31. The first-order valence-corrected chi connectivity index (χ1v) is 10.1. The molecule has 1 aromatic heterocycles. The first kappa shape index (κ1) is 21.1. The number of nitrogens with one attached hydrogen (secondary N) is 1. The van der Waals surface area contributed by atoms with E-state index in [9.17, 15) is 18.4 Å². The highest BCUT2D eigenvalue weighted by Crippen LogP contribution is 2.35. The van der Waals surface area contributed by atoms with E-state index < -0.39 is 12.0 Å². The zero-order chi connectivity index (χ0) is 22.2. The summed E-state index contributed by atoms with van der Waals surface area (Å²) in [5, 5.41) is 12.2. The molecule has 0 aliphatic carbocycles. The minimum absolute atomic E-state index is 0.0173. The number of fused-ring (bicyclic) bond motifs is 1. The van der Waals surface area contributed by atoms with Crippen molar-refractivity contribution in [1.29, 1.82) is 0 Å². The van der Waals surface area contributed by atoms with Crippen molar-refractivity contribution in [3.63, 3.8) is 0 Å². The number of furan rings is 1. The van der Waals surface area contributed by atoms with Crippen LogP contribution in [0.1, 0.15) is 29.0 Å². The van der Waals surface area contributed by atoms with Gasteiger partial charge in [0.05, 0.1) is 6.54 Å². The van der Waals surface area contributed by atoms with Crippen molar-refractivity contribution < 1.29 is 27.9 Å². The highest BCUT2D eigenvalue weighted by molar-refractivity contribution is 6.31. The molecule has 0 atom stereocenters. The average Bonchev–Trinajstić information content (AvgIpc) is 3.14. The van der Waals surface area contributed by atoms with E-state index in [0.717, 1.165) is 16.5 Å². The lowest BCUT2D eigenvalue weighted by atomic mass is 9.99. The van der Waals surface area contributed by atoms with Crippen molar-refractivity contribution in [2.24, 2.45) is 0 Å². The summed E-state index contributed by atoms with van der Waals surface area (Å²) in [4.78, 5) is 24.8. The Morgan fingerprint density at radius 1 is 1.13 bits per heavy atom. The number of amides is 2. The second-order valence-electron chi connectivity index (χ2n) is 7.46. The number of benzene rings is 2. The molecular formula is C22H19ClF2N2O4. The molecule has 1 saturated heterocycles. The van der Waals surface area contributed by atoms with Gasteiger partial charge < -0.3 is 19.7 Å². The number of rotatable bonds is 4. The zero-order valence-electron chi connectivity index (χ0n) is 16.3. The van der Waals surface area contributed by atoms with Gasteiger partial charge in [-0.25, -0.2) is 13.6 Å². The fourth-order valence-electron chi connectivity index (χ4n) is 3.66. The summed E-state index contributed by atoms with van der Waals surface area (Å²) in [6.45, 7) is 0.0821. The molecule has 2 N–H and O–H groups in total. The Kier molecular flexibility index (Phi) is 5.58. The number of halogens is 3. The van der Waals surface area contributed by atoms with Crippen LogP contribution >= 0.6 is 11.6 Å². The number of piperidine rings is 1. The Bertz CT molecular complexity index is 1130. The minimum Gasteiger partial charge on any atom is -0.465 e. The maximum absolute atomic E-state index is 13.3. The molecule has 1 aliphatic heterocycles. The van der Waals surface area contributed by atoms with E-state index in [-0.39, 0.29) is 38.4 Å². The summed E-state index contributed by atoms with van der Waals surface area (Å²) < 4.78 is 32.4. The van der Waals surface area contributed by atoms with Gasteiger partial charge in [0, 0.05) is 48.0 Å². The minimum atomic E-state index is -2.71. The number of hydrogen-bond donors (Lipinski definition) is 2. The predicted octanol–water partition coefficient (Wildman–Crippen LogP) is 5.39. The third-order valence-corrected chi connectivity index (χ3v) is 5.51. The maximum Gasteiger partial charge on any atom is 0.405 e. The van der Waals surface area contributed by atoms with Gasteiger partial charge >= 0.3 is 6.09 Å². The number of likely N-dealkylation sites (tertiary alicyclic amines) is 1. The number of alkyl halides is 2. The molecule has 1 fully saturated rings. The Labute approximate surface area is 181 Å². The second-order valence-corrected chi connectivity index (χ2v) is 7.90. The summed E-state index contributed by atoms with van der Waals surface area (Å²) in [5.41, 5.74) is 2.49. The lowest BCUT2D eigenvalue weighted by molar-refractivity contribution is -0.0494. The normalized spacial score (nSPS) is 15.8. The molecular weight excluding hydrogens is 430 g/mol. The molecule has 1 aliphatic rings. The van der Waals surface area contributed by atoms with Gasteiger partial charge in [-0.2, -0.15) is 0 Å². The van der Waals surface area contributed by atoms with Gasteiger partial charge in [-0.15, -0.1) is 0 Å². The largest absolute Gasteiger partial charge is 0.465 e. The molecule has 0 saturated carbocycles. The van der Waals surface area contributed by atoms with E-state index >= 15 is 0 Å². The van der Waals surface area contributed by atoms with Crippen LogP contribution in [0.5, 0.6) is 0 Å². The molecule has 2 amide bonds. The third kappa shape index (κ3) is 4.64. The van der Waals surface area contributed by atoms with Crippen molar-refractivity contribution in [2.45, 2.75) is 25.3 Å².